The van der Waals surface area contributed by atoms with Gasteiger partial charge in [-0.05, 0) is 36.8 Å². The average Bonchev–Trinajstić information content (AvgIpc) is 3.16. The van der Waals surface area contributed by atoms with E-state index in [9.17, 15) is 0 Å². The molecule has 0 N–H and O–H groups in total. The summed E-state index contributed by atoms with van der Waals surface area (Å²) in [6.45, 7) is 1.72. The summed E-state index contributed by atoms with van der Waals surface area (Å²) in [5.41, 5.74) is 3.27. The molecule has 26 heavy (non-hydrogen) atoms. The van der Waals surface area contributed by atoms with Crippen LogP contribution in [0.25, 0.3) is 11.3 Å². The van der Waals surface area contributed by atoms with Gasteiger partial charge in [0.05, 0.1) is 23.0 Å². The fraction of sp³-hybridized carbons (Fsp3) is 0.211. The average molecular weight is 449 g/mol. The van der Waals surface area contributed by atoms with Crippen LogP contribution in [0, 0.1) is 0 Å². The number of halogens is 5. The third-order valence-electron chi connectivity index (χ3n) is 4.57. The van der Waals surface area contributed by atoms with Crippen LogP contribution >= 0.6 is 46.4 Å². The summed E-state index contributed by atoms with van der Waals surface area (Å²) < 4.78 is 4.61. The van der Waals surface area contributed by atoms with E-state index in [0.717, 1.165) is 36.2 Å². The van der Waals surface area contributed by atoms with E-state index in [-0.39, 0.29) is 12.4 Å². The van der Waals surface area contributed by atoms with Gasteiger partial charge in [-0.15, -0.1) is 0 Å². The second kappa shape index (κ2) is 8.00. The lowest BCUT2D eigenvalue weighted by atomic mass is 10.1. The first-order valence-corrected chi connectivity index (χ1v) is 9.55. The Morgan fingerprint density at radius 2 is 1.73 bits per heavy atom. The highest BCUT2D eigenvalue weighted by Crippen LogP contribution is 2.31. The molecule has 136 valence electrons. The first-order valence-electron chi connectivity index (χ1n) is 8.04. The number of fused-ring (bicyclic) bond motifs is 1. The van der Waals surface area contributed by atoms with E-state index in [1.165, 1.54) is 5.82 Å². The SMILES string of the molecule is Clc1ccc(C[n+]2cc(-c3ccc(Cl)c(Cl)c3)n3c2CCC3)c(Cl)c1.[Cl-]. The Labute approximate surface area is 178 Å². The number of benzene rings is 2. The van der Waals surface area contributed by atoms with Gasteiger partial charge >= 0.3 is 0 Å². The molecule has 4 rings (SSSR count). The van der Waals surface area contributed by atoms with Gasteiger partial charge in [0.2, 0.25) is 0 Å². The van der Waals surface area contributed by atoms with Crippen molar-refractivity contribution in [3.63, 3.8) is 0 Å². The first kappa shape index (κ1) is 19.9. The number of nitrogens with zero attached hydrogens (tertiary/aromatic N) is 2. The number of aromatic nitrogens is 2. The zero-order chi connectivity index (χ0) is 17.6. The van der Waals surface area contributed by atoms with Crippen LogP contribution in [-0.4, -0.2) is 4.57 Å². The Morgan fingerprint density at radius 3 is 2.46 bits per heavy atom. The fourth-order valence-corrected chi connectivity index (χ4v) is 4.13. The van der Waals surface area contributed by atoms with Crippen LogP contribution in [0.15, 0.2) is 42.6 Å². The molecule has 0 fully saturated rings. The van der Waals surface area contributed by atoms with Crippen molar-refractivity contribution in [3.05, 3.63) is 74.1 Å². The van der Waals surface area contributed by atoms with Crippen LogP contribution in [-0.2, 0) is 19.5 Å². The van der Waals surface area contributed by atoms with Crippen molar-refractivity contribution in [1.29, 1.82) is 0 Å². The molecule has 0 bridgehead atoms. The molecular weight excluding hydrogens is 433 g/mol. The Bertz CT molecular complexity index is 965. The van der Waals surface area contributed by atoms with Gasteiger partial charge in [-0.1, -0.05) is 52.5 Å². The van der Waals surface area contributed by atoms with Gasteiger partial charge in [0.25, 0.3) is 5.82 Å². The minimum Gasteiger partial charge on any atom is -1.00 e. The highest BCUT2D eigenvalue weighted by Gasteiger charge is 2.29. The van der Waals surface area contributed by atoms with Crippen LogP contribution in [0.4, 0.5) is 0 Å². The summed E-state index contributed by atoms with van der Waals surface area (Å²) in [4.78, 5) is 0. The maximum atomic E-state index is 6.36. The van der Waals surface area contributed by atoms with Crippen LogP contribution in [0.2, 0.25) is 20.1 Å². The lowest BCUT2D eigenvalue weighted by molar-refractivity contribution is -0.694. The molecule has 2 aromatic carbocycles. The first-order chi connectivity index (χ1) is 12.0. The Kier molecular flexibility index (Phi) is 6.11. The van der Waals surface area contributed by atoms with Crippen molar-refractivity contribution in [2.45, 2.75) is 25.9 Å². The van der Waals surface area contributed by atoms with Crippen molar-refractivity contribution in [3.8, 4) is 11.3 Å². The lowest BCUT2D eigenvalue weighted by Crippen LogP contribution is -3.00. The van der Waals surface area contributed by atoms with Crippen molar-refractivity contribution >= 4 is 46.4 Å². The molecule has 3 aromatic rings. The topological polar surface area (TPSA) is 8.81 Å². The molecule has 0 saturated carbocycles. The smallest absolute Gasteiger partial charge is 0.257 e. The summed E-state index contributed by atoms with van der Waals surface area (Å²) >= 11 is 24.6. The molecule has 0 amide bonds. The Morgan fingerprint density at radius 1 is 0.923 bits per heavy atom. The monoisotopic (exact) mass is 446 g/mol. The second-order valence-electron chi connectivity index (χ2n) is 6.18. The van der Waals surface area contributed by atoms with Crippen molar-refractivity contribution in [1.82, 2.24) is 4.57 Å². The van der Waals surface area contributed by atoms with E-state index in [4.69, 9.17) is 46.4 Å². The van der Waals surface area contributed by atoms with Crippen LogP contribution < -0.4 is 17.0 Å². The van der Waals surface area contributed by atoms with Gasteiger partial charge < -0.3 is 12.4 Å². The van der Waals surface area contributed by atoms with Crippen LogP contribution in [0.1, 0.15) is 17.8 Å². The molecule has 0 atom stereocenters. The maximum absolute atomic E-state index is 6.36. The molecule has 0 unspecified atom stereocenters. The van der Waals surface area contributed by atoms with E-state index in [2.05, 4.69) is 15.3 Å². The molecule has 0 saturated heterocycles. The van der Waals surface area contributed by atoms with Gasteiger partial charge in [-0.2, -0.15) is 0 Å². The zero-order valence-corrected chi connectivity index (χ0v) is 17.4. The maximum Gasteiger partial charge on any atom is 0.257 e. The minimum absolute atomic E-state index is 0. The third kappa shape index (κ3) is 3.72. The molecule has 1 aliphatic rings. The lowest BCUT2D eigenvalue weighted by Gasteiger charge is -2.03. The molecule has 1 aromatic heterocycles. The molecule has 0 aliphatic carbocycles. The summed E-state index contributed by atoms with van der Waals surface area (Å²) in [7, 11) is 0. The van der Waals surface area contributed by atoms with Gasteiger partial charge in [0.15, 0.2) is 5.69 Å². The van der Waals surface area contributed by atoms with Crippen LogP contribution in [0.5, 0.6) is 0 Å². The summed E-state index contributed by atoms with van der Waals surface area (Å²) in [6, 6.07) is 11.4. The van der Waals surface area contributed by atoms with E-state index >= 15 is 0 Å². The Hall–Kier alpha value is -0.900. The van der Waals surface area contributed by atoms with Crippen molar-refractivity contribution in [2.75, 3.05) is 0 Å². The number of rotatable bonds is 3. The zero-order valence-electron chi connectivity index (χ0n) is 13.7. The van der Waals surface area contributed by atoms with Gasteiger partial charge in [-0.3, -0.25) is 0 Å². The molecule has 0 spiro atoms. The molecule has 2 nitrogen and oxygen atoms in total. The summed E-state index contributed by atoms with van der Waals surface area (Å²) in [5.74, 6) is 1.30. The normalized spacial score (nSPS) is 12.8. The van der Waals surface area contributed by atoms with Gasteiger partial charge in [0, 0.05) is 21.2 Å². The summed E-state index contributed by atoms with van der Waals surface area (Å²) in [6.07, 6.45) is 4.35. The third-order valence-corrected chi connectivity index (χ3v) is 5.89. The molecule has 2 heterocycles. The highest BCUT2D eigenvalue weighted by molar-refractivity contribution is 6.42. The molecule has 7 heteroatoms. The largest absolute Gasteiger partial charge is 1.00 e. The van der Waals surface area contributed by atoms with Crippen molar-refractivity contribution < 1.29 is 17.0 Å². The predicted octanol–water partition coefficient (Wildman–Crippen LogP) is 3.05. The van der Waals surface area contributed by atoms with E-state index in [1.807, 2.05) is 30.3 Å². The Balaban J connectivity index is 0.00000196. The van der Waals surface area contributed by atoms with E-state index in [0.29, 0.717) is 26.6 Å². The minimum atomic E-state index is 0. The quantitative estimate of drug-likeness (QED) is 0.545. The van der Waals surface area contributed by atoms with Crippen molar-refractivity contribution in [2.24, 2.45) is 0 Å². The van der Waals surface area contributed by atoms with Gasteiger partial charge in [-0.25, -0.2) is 9.13 Å². The molecule has 1 aliphatic heterocycles. The van der Waals surface area contributed by atoms with E-state index in [1.54, 1.807) is 6.07 Å². The fourth-order valence-electron chi connectivity index (χ4n) is 3.37. The van der Waals surface area contributed by atoms with E-state index < -0.39 is 0 Å². The number of imidazole rings is 1. The highest BCUT2D eigenvalue weighted by atomic mass is 35.5. The number of hydrogen-bond acceptors (Lipinski definition) is 0. The van der Waals surface area contributed by atoms with Gasteiger partial charge in [0.1, 0.15) is 12.7 Å². The standard InChI is InChI=1S/C19H15Cl4N2.ClH/c20-14-5-3-13(16(22)9-14)10-24-11-18(25-7-1-2-19(24)25)12-4-6-15(21)17(23)8-12;/h3-6,8-9,11H,1-2,7,10H2;1H/q+1;/p-1. The summed E-state index contributed by atoms with van der Waals surface area (Å²) in [5, 5.41) is 2.48. The molecule has 0 radical (unpaired) electrons. The predicted molar refractivity (Wildman–Crippen MR) is 104 cm³/mol. The number of hydrogen-bond donors (Lipinski definition) is 0. The second-order valence-corrected chi connectivity index (χ2v) is 7.84. The molecular formula is C19H15Cl5N2. The van der Waals surface area contributed by atoms with Crippen LogP contribution in [0.3, 0.4) is 0 Å².